The summed E-state index contributed by atoms with van der Waals surface area (Å²) >= 11 is 12.0. The highest BCUT2D eigenvalue weighted by atomic mass is 35.5. The summed E-state index contributed by atoms with van der Waals surface area (Å²) in [5.74, 6) is 0.0833. The minimum atomic E-state index is -0.0122. The van der Waals surface area contributed by atoms with Gasteiger partial charge in [0.25, 0.3) is 0 Å². The number of halogens is 2. The summed E-state index contributed by atoms with van der Waals surface area (Å²) in [4.78, 5) is 12.3. The Bertz CT molecular complexity index is 623. The molecular formula is C16H15Cl2NO. The Morgan fingerprint density at radius 2 is 1.80 bits per heavy atom. The summed E-state index contributed by atoms with van der Waals surface area (Å²) in [7, 11) is 0. The van der Waals surface area contributed by atoms with Gasteiger partial charge in [-0.15, -0.1) is 0 Å². The van der Waals surface area contributed by atoms with Crippen LogP contribution in [0.2, 0.25) is 10.0 Å². The molecule has 1 atom stereocenters. The molecule has 104 valence electrons. The van der Waals surface area contributed by atoms with E-state index in [0.29, 0.717) is 27.7 Å². The Morgan fingerprint density at radius 1 is 1.15 bits per heavy atom. The van der Waals surface area contributed by atoms with E-state index >= 15 is 0 Å². The highest BCUT2D eigenvalue weighted by molar-refractivity contribution is 6.35. The molecule has 0 aliphatic heterocycles. The number of Topliss-reactive ketones (excluding diaryl/α,β-unsaturated/α-hetero) is 1. The number of rotatable bonds is 4. The zero-order chi connectivity index (χ0) is 14.7. The first-order valence-electron chi connectivity index (χ1n) is 6.31. The molecule has 0 aliphatic carbocycles. The molecule has 0 aliphatic rings. The molecule has 0 amide bonds. The number of hydrogen-bond acceptors (Lipinski definition) is 2. The monoisotopic (exact) mass is 307 g/mol. The Hall–Kier alpha value is -1.51. The fourth-order valence-electron chi connectivity index (χ4n) is 2.04. The van der Waals surface area contributed by atoms with Crippen LogP contribution in [0.3, 0.4) is 0 Å². The van der Waals surface area contributed by atoms with E-state index in [-0.39, 0.29) is 11.7 Å². The number of carbonyl (C=O) groups is 1. The summed E-state index contributed by atoms with van der Waals surface area (Å²) in [6.07, 6.45) is 0.379. The number of ketones is 1. The maximum absolute atomic E-state index is 12.3. The smallest absolute Gasteiger partial charge is 0.165 e. The first kappa shape index (κ1) is 14.9. The summed E-state index contributed by atoms with van der Waals surface area (Å²) in [5, 5.41) is 0.946. The average Bonchev–Trinajstić information content (AvgIpc) is 2.42. The molecule has 0 radical (unpaired) electrons. The maximum atomic E-state index is 12.3. The van der Waals surface area contributed by atoms with E-state index in [1.165, 1.54) is 0 Å². The lowest BCUT2D eigenvalue weighted by molar-refractivity contribution is 0.0976. The van der Waals surface area contributed by atoms with Crippen molar-refractivity contribution in [3.05, 3.63) is 63.6 Å². The molecule has 2 rings (SSSR count). The van der Waals surface area contributed by atoms with Gasteiger partial charge in [-0.3, -0.25) is 4.79 Å². The summed E-state index contributed by atoms with van der Waals surface area (Å²) < 4.78 is 0. The van der Waals surface area contributed by atoms with Crippen molar-refractivity contribution in [1.29, 1.82) is 0 Å². The highest BCUT2D eigenvalue weighted by Crippen LogP contribution is 2.26. The number of nitrogens with two attached hydrogens (primary N) is 1. The van der Waals surface area contributed by atoms with Crippen LogP contribution in [0.1, 0.15) is 35.2 Å². The van der Waals surface area contributed by atoms with Crippen molar-refractivity contribution in [2.24, 2.45) is 0 Å². The fourth-order valence-corrected chi connectivity index (χ4v) is 2.44. The van der Waals surface area contributed by atoms with Crippen molar-refractivity contribution >= 4 is 34.7 Å². The Labute approximate surface area is 128 Å². The molecule has 1 unspecified atom stereocenters. The van der Waals surface area contributed by atoms with E-state index in [0.717, 1.165) is 5.56 Å². The third-order valence-corrected chi connectivity index (χ3v) is 3.79. The second-order valence-electron chi connectivity index (χ2n) is 4.82. The van der Waals surface area contributed by atoms with Crippen LogP contribution in [-0.2, 0) is 0 Å². The van der Waals surface area contributed by atoms with E-state index in [1.807, 2.05) is 31.2 Å². The molecule has 0 bridgehead atoms. The molecule has 2 N–H and O–H groups in total. The van der Waals surface area contributed by atoms with Crippen LogP contribution in [0.4, 0.5) is 5.69 Å². The molecule has 2 aromatic carbocycles. The third-order valence-electron chi connectivity index (χ3n) is 3.23. The van der Waals surface area contributed by atoms with Crippen molar-refractivity contribution in [2.45, 2.75) is 19.3 Å². The highest BCUT2D eigenvalue weighted by Gasteiger charge is 2.16. The summed E-state index contributed by atoms with van der Waals surface area (Å²) in [6.45, 7) is 2.00. The number of anilines is 1. The second kappa shape index (κ2) is 6.29. The van der Waals surface area contributed by atoms with E-state index in [2.05, 4.69) is 0 Å². The molecule has 0 heterocycles. The topological polar surface area (TPSA) is 43.1 Å². The van der Waals surface area contributed by atoms with Crippen LogP contribution >= 0.6 is 23.2 Å². The largest absolute Gasteiger partial charge is 0.399 e. The van der Waals surface area contributed by atoms with E-state index in [9.17, 15) is 4.79 Å². The molecule has 2 aromatic rings. The van der Waals surface area contributed by atoms with Gasteiger partial charge >= 0.3 is 0 Å². The van der Waals surface area contributed by atoms with Crippen LogP contribution in [0, 0.1) is 0 Å². The lowest BCUT2D eigenvalue weighted by atomic mass is 9.93. The Kier molecular flexibility index (Phi) is 4.69. The van der Waals surface area contributed by atoms with Gasteiger partial charge < -0.3 is 5.73 Å². The molecule has 4 heteroatoms. The first-order valence-corrected chi connectivity index (χ1v) is 7.06. The van der Waals surface area contributed by atoms with Gasteiger partial charge in [0.2, 0.25) is 0 Å². The number of hydrogen-bond donors (Lipinski definition) is 1. The number of carbonyl (C=O) groups excluding carboxylic acids is 1. The third kappa shape index (κ3) is 3.53. The lowest BCUT2D eigenvalue weighted by Crippen LogP contribution is -2.06. The minimum absolute atomic E-state index is 0.0122. The van der Waals surface area contributed by atoms with Gasteiger partial charge in [0, 0.05) is 22.7 Å². The van der Waals surface area contributed by atoms with Crippen LogP contribution in [0.15, 0.2) is 42.5 Å². The molecule has 0 aromatic heterocycles. The minimum Gasteiger partial charge on any atom is -0.399 e. The molecule has 20 heavy (non-hydrogen) atoms. The molecule has 0 fully saturated rings. The van der Waals surface area contributed by atoms with Crippen LogP contribution in [0.25, 0.3) is 0 Å². The predicted molar refractivity (Wildman–Crippen MR) is 84.7 cm³/mol. The SMILES string of the molecule is CC(CC(=O)c1cc(Cl)ccc1Cl)c1ccc(N)cc1. The van der Waals surface area contributed by atoms with Gasteiger partial charge in [0.1, 0.15) is 0 Å². The van der Waals surface area contributed by atoms with Gasteiger partial charge in [0.05, 0.1) is 5.02 Å². The number of benzene rings is 2. The molecule has 0 saturated heterocycles. The Morgan fingerprint density at radius 3 is 2.45 bits per heavy atom. The van der Waals surface area contributed by atoms with E-state index in [1.54, 1.807) is 18.2 Å². The zero-order valence-corrected chi connectivity index (χ0v) is 12.6. The van der Waals surface area contributed by atoms with Crippen molar-refractivity contribution in [2.75, 3.05) is 5.73 Å². The maximum Gasteiger partial charge on any atom is 0.165 e. The van der Waals surface area contributed by atoms with Crippen molar-refractivity contribution in [3.63, 3.8) is 0 Å². The van der Waals surface area contributed by atoms with Crippen LogP contribution in [0.5, 0.6) is 0 Å². The molecule has 2 nitrogen and oxygen atoms in total. The predicted octanol–water partition coefficient (Wildman–Crippen LogP) is 4.95. The summed E-state index contributed by atoms with van der Waals surface area (Å²) in [6, 6.07) is 12.5. The standard InChI is InChI=1S/C16H15Cl2NO/c1-10(11-2-5-13(19)6-3-11)8-16(20)14-9-12(17)4-7-15(14)18/h2-7,9-10H,8,19H2,1H3. The van der Waals surface area contributed by atoms with Crippen LogP contribution in [-0.4, -0.2) is 5.78 Å². The van der Waals surface area contributed by atoms with Crippen molar-refractivity contribution in [1.82, 2.24) is 0 Å². The van der Waals surface area contributed by atoms with Gasteiger partial charge in [-0.05, 0) is 41.8 Å². The zero-order valence-electron chi connectivity index (χ0n) is 11.1. The molecule has 0 spiro atoms. The second-order valence-corrected chi connectivity index (χ2v) is 5.66. The van der Waals surface area contributed by atoms with Gasteiger partial charge in [-0.25, -0.2) is 0 Å². The van der Waals surface area contributed by atoms with E-state index < -0.39 is 0 Å². The summed E-state index contributed by atoms with van der Waals surface area (Å²) in [5.41, 5.74) is 7.92. The van der Waals surface area contributed by atoms with Gasteiger partial charge in [0.15, 0.2) is 5.78 Å². The number of nitrogen functional groups attached to an aromatic ring is 1. The normalized spacial score (nSPS) is 12.2. The Balaban J connectivity index is 2.15. The molecule has 0 saturated carbocycles. The quantitative estimate of drug-likeness (QED) is 0.641. The lowest BCUT2D eigenvalue weighted by Gasteiger charge is -2.12. The van der Waals surface area contributed by atoms with E-state index in [4.69, 9.17) is 28.9 Å². The van der Waals surface area contributed by atoms with Crippen molar-refractivity contribution in [3.8, 4) is 0 Å². The fraction of sp³-hybridized carbons (Fsp3) is 0.188. The first-order chi connectivity index (χ1) is 9.47. The van der Waals surface area contributed by atoms with Gasteiger partial charge in [-0.2, -0.15) is 0 Å². The van der Waals surface area contributed by atoms with Gasteiger partial charge in [-0.1, -0.05) is 42.3 Å². The molecular weight excluding hydrogens is 293 g/mol. The van der Waals surface area contributed by atoms with Crippen molar-refractivity contribution < 1.29 is 4.79 Å². The van der Waals surface area contributed by atoms with Crippen LogP contribution < -0.4 is 5.73 Å². The average molecular weight is 308 g/mol.